The largest absolute Gasteiger partial charge is 0.467 e. The Balaban J connectivity index is 1.49. The molecule has 0 radical (unpaired) electrons. The molecule has 0 fully saturated rings. The quantitative estimate of drug-likeness (QED) is 0.336. The molecular weight excluding hydrogens is 466 g/mol. The summed E-state index contributed by atoms with van der Waals surface area (Å²) in [5.74, 6) is 0.820. The van der Waals surface area contributed by atoms with Gasteiger partial charge in [-0.1, -0.05) is 23.4 Å². The number of nitrogens with zero attached hydrogens (tertiary/aromatic N) is 4. The summed E-state index contributed by atoms with van der Waals surface area (Å²) in [6, 6.07) is 15.1. The Bertz CT molecular complexity index is 1350. The van der Waals surface area contributed by atoms with Gasteiger partial charge in [0.1, 0.15) is 17.8 Å². The van der Waals surface area contributed by atoms with Crippen molar-refractivity contribution in [2.45, 2.75) is 19.1 Å². The summed E-state index contributed by atoms with van der Waals surface area (Å²) in [4.78, 5) is 28.6. The van der Waals surface area contributed by atoms with E-state index in [4.69, 9.17) is 18.6 Å². The second-order valence-corrected chi connectivity index (χ2v) is 8.15. The topological polar surface area (TPSA) is 121 Å². The Morgan fingerprint density at radius 3 is 2.83 bits per heavy atom. The lowest BCUT2D eigenvalue weighted by Gasteiger charge is -2.30. The van der Waals surface area contributed by atoms with Gasteiger partial charge in [0.15, 0.2) is 17.5 Å². The lowest BCUT2D eigenvalue weighted by Crippen LogP contribution is -2.45. The number of hydrogen-bond acceptors (Lipinski definition) is 8. The Kier molecular flexibility index (Phi) is 6.80. The number of aromatic nitrogens is 3. The number of methoxy groups -OCH3 is 1. The monoisotopic (exact) mass is 491 g/mol. The molecule has 0 saturated heterocycles. The normalized spacial score (nSPS) is 13.0. The van der Waals surface area contributed by atoms with Gasteiger partial charge < -0.3 is 28.8 Å². The number of nitrogens with one attached hydrogen (secondary N) is 1. The van der Waals surface area contributed by atoms with Gasteiger partial charge in [-0.15, -0.1) is 5.10 Å². The highest BCUT2D eigenvalue weighted by Crippen LogP contribution is 2.34. The molecule has 0 saturated carbocycles. The van der Waals surface area contributed by atoms with E-state index in [0.29, 0.717) is 34.9 Å². The molecule has 11 heteroatoms. The summed E-state index contributed by atoms with van der Waals surface area (Å²) >= 11 is 0. The Hall–Kier alpha value is -4.38. The van der Waals surface area contributed by atoms with E-state index in [-0.39, 0.29) is 38.2 Å². The summed E-state index contributed by atoms with van der Waals surface area (Å²) in [6.07, 6.45) is 1.47. The number of para-hydroxylation sites is 1. The van der Waals surface area contributed by atoms with Crippen LogP contribution in [-0.4, -0.2) is 58.8 Å². The second-order valence-electron chi connectivity index (χ2n) is 8.15. The fourth-order valence-corrected chi connectivity index (χ4v) is 4.06. The number of ether oxygens (including phenoxy) is 3. The third-order valence-electron chi connectivity index (χ3n) is 5.79. The molecule has 1 aliphatic rings. The number of carbonyl (C=O) groups is 2. The van der Waals surface area contributed by atoms with E-state index in [0.717, 1.165) is 5.56 Å². The van der Waals surface area contributed by atoms with Crippen molar-refractivity contribution in [3.63, 3.8) is 0 Å². The molecule has 0 spiro atoms. The molecule has 4 aromatic rings. The molecule has 1 N–H and O–H groups in total. The van der Waals surface area contributed by atoms with Crippen LogP contribution in [0.5, 0.6) is 11.5 Å². The lowest BCUT2D eigenvalue weighted by molar-refractivity contribution is -0.143. The molecule has 2 aromatic heterocycles. The van der Waals surface area contributed by atoms with E-state index in [1.54, 1.807) is 31.4 Å². The summed E-state index contributed by atoms with van der Waals surface area (Å²) < 4.78 is 23.1. The first kappa shape index (κ1) is 23.4. The van der Waals surface area contributed by atoms with Crippen LogP contribution in [0.1, 0.15) is 17.4 Å². The Morgan fingerprint density at radius 1 is 1.14 bits per heavy atom. The molecule has 0 unspecified atom stereocenters. The number of hydrogen-bond donors (Lipinski definition) is 1. The van der Waals surface area contributed by atoms with E-state index < -0.39 is 6.04 Å². The minimum Gasteiger partial charge on any atom is -0.467 e. The van der Waals surface area contributed by atoms with Crippen molar-refractivity contribution in [3.05, 3.63) is 72.2 Å². The number of furan rings is 1. The van der Waals surface area contributed by atoms with Gasteiger partial charge in [0.05, 0.1) is 18.4 Å². The van der Waals surface area contributed by atoms with Crippen LogP contribution < -0.4 is 14.8 Å². The molecule has 2 aromatic carbocycles. The maximum atomic E-state index is 13.8. The number of carbonyl (C=O) groups excluding carboxylic acids is 2. The average molecular weight is 492 g/mol. The van der Waals surface area contributed by atoms with Crippen molar-refractivity contribution in [1.29, 1.82) is 0 Å². The van der Waals surface area contributed by atoms with Crippen LogP contribution in [-0.2, 0) is 27.4 Å². The first-order valence-corrected chi connectivity index (χ1v) is 11.4. The predicted octanol–water partition coefficient (Wildman–Crippen LogP) is 2.29. The summed E-state index contributed by atoms with van der Waals surface area (Å²) in [6.45, 7) is 0.750. The SMILES string of the molecule is COCCNC(=O)[C@H](c1ccco1)N(Cc1ccc2c(c1)OCO2)C(=O)Cn1nnc2ccccc21. The lowest BCUT2D eigenvalue weighted by atomic mass is 10.1. The number of rotatable bonds is 10. The van der Waals surface area contributed by atoms with Crippen molar-refractivity contribution in [3.8, 4) is 11.5 Å². The van der Waals surface area contributed by atoms with Gasteiger partial charge in [0, 0.05) is 20.2 Å². The zero-order valence-corrected chi connectivity index (χ0v) is 19.6. The molecule has 11 nitrogen and oxygen atoms in total. The van der Waals surface area contributed by atoms with Crippen LogP contribution in [0, 0.1) is 0 Å². The van der Waals surface area contributed by atoms with Crippen molar-refractivity contribution in [2.75, 3.05) is 27.1 Å². The first-order chi connectivity index (χ1) is 17.6. The van der Waals surface area contributed by atoms with E-state index in [1.165, 1.54) is 15.8 Å². The minimum atomic E-state index is -1.02. The van der Waals surface area contributed by atoms with Gasteiger partial charge in [-0.25, -0.2) is 4.68 Å². The highest BCUT2D eigenvalue weighted by atomic mass is 16.7. The molecule has 0 bridgehead atoms. The number of fused-ring (bicyclic) bond motifs is 2. The third-order valence-corrected chi connectivity index (χ3v) is 5.79. The van der Waals surface area contributed by atoms with E-state index >= 15 is 0 Å². The molecular formula is C25H25N5O6. The van der Waals surface area contributed by atoms with Crippen LogP contribution in [0.4, 0.5) is 0 Å². The van der Waals surface area contributed by atoms with Crippen molar-refractivity contribution in [2.24, 2.45) is 0 Å². The minimum absolute atomic E-state index is 0.116. The maximum Gasteiger partial charge on any atom is 0.250 e. The molecule has 36 heavy (non-hydrogen) atoms. The Labute approximate surface area is 206 Å². The first-order valence-electron chi connectivity index (χ1n) is 11.4. The van der Waals surface area contributed by atoms with Crippen molar-refractivity contribution in [1.82, 2.24) is 25.2 Å². The molecule has 2 amide bonds. The van der Waals surface area contributed by atoms with Crippen LogP contribution in [0.3, 0.4) is 0 Å². The third kappa shape index (κ3) is 4.86. The average Bonchev–Trinajstić information content (AvgIpc) is 3.65. The standard InChI is InChI=1S/C25H25N5O6/c1-33-12-10-26-25(32)24(21-7-4-11-34-21)29(14-17-8-9-20-22(13-17)36-16-35-20)23(31)15-30-19-6-3-2-5-18(19)27-28-30/h2-9,11,13,24H,10,12,14-16H2,1H3,(H,26,32)/t24-/m0/s1. The fraction of sp³-hybridized carbons (Fsp3) is 0.280. The van der Waals surface area contributed by atoms with Gasteiger partial charge in [-0.05, 0) is 42.0 Å². The number of amides is 2. The van der Waals surface area contributed by atoms with Crippen LogP contribution in [0.2, 0.25) is 0 Å². The Morgan fingerprint density at radius 2 is 2.00 bits per heavy atom. The molecule has 186 valence electrons. The molecule has 1 aliphatic heterocycles. The molecule has 0 aliphatic carbocycles. The van der Waals surface area contributed by atoms with Crippen LogP contribution in [0.15, 0.2) is 65.3 Å². The van der Waals surface area contributed by atoms with Gasteiger partial charge in [0.2, 0.25) is 12.7 Å². The van der Waals surface area contributed by atoms with Crippen molar-refractivity contribution < 1.29 is 28.2 Å². The summed E-state index contributed by atoms with van der Waals surface area (Å²) in [5, 5.41) is 11.1. The predicted molar refractivity (Wildman–Crippen MR) is 127 cm³/mol. The van der Waals surface area contributed by atoms with E-state index in [1.807, 2.05) is 30.3 Å². The zero-order chi connectivity index (χ0) is 24.9. The smallest absolute Gasteiger partial charge is 0.250 e. The van der Waals surface area contributed by atoms with Gasteiger partial charge in [-0.3, -0.25) is 9.59 Å². The maximum absolute atomic E-state index is 13.8. The van der Waals surface area contributed by atoms with E-state index in [2.05, 4.69) is 15.6 Å². The molecule has 3 heterocycles. The summed E-state index contributed by atoms with van der Waals surface area (Å²) in [7, 11) is 1.55. The van der Waals surface area contributed by atoms with Gasteiger partial charge in [-0.2, -0.15) is 0 Å². The number of benzene rings is 2. The second kappa shape index (κ2) is 10.5. The van der Waals surface area contributed by atoms with Gasteiger partial charge in [0.25, 0.3) is 5.91 Å². The van der Waals surface area contributed by atoms with Gasteiger partial charge >= 0.3 is 0 Å². The molecule has 5 rings (SSSR count). The highest BCUT2D eigenvalue weighted by Gasteiger charge is 2.34. The van der Waals surface area contributed by atoms with Crippen LogP contribution >= 0.6 is 0 Å². The zero-order valence-electron chi connectivity index (χ0n) is 19.6. The molecule has 1 atom stereocenters. The van der Waals surface area contributed by atoms with Crippen LogP contribution in [0.25, 0.3) is 11.0 Å². The summed E-state index contributed by atoms with van der Waals surface area (Å²) in [5.41, 5.74) is 2.15. The fourth-order valence-electron chi connectivity index (χ4n) is 4.06. The van der Waals surface area contributed by atoms with E-state index in [9.17, 15) is 9.59 Å². The van der Waals surface area contributed by atoms with Crippen molar-refractivity contribution >= 4 is 22.8 Å². The highest BCUT2D eigenvalue weighted by molar-refractivity contribution is 5.88.